The summed E-state index contributed by atoms with van der Waals surface area (Å²) >= 11 is 0. The molecule has 2 heterocycles. The van der Waals surface area contributed by atoms with Crippen LogP contribution in [0.5, 0.6) is 0 Å². The highest BCUT2D eigenvalue weighted by atomic mass is 19.4. The third-order valence-corrected chi connectivity index (χ3v) is 10.3. The lowest BCUT2D eigenvalue weighted by atomic mass is 9.93. The van der Waals surface area contributed by atoms with Crippen LogP contribution in [-0.4, -0.2) is 9.13 Å². The van der Waals surface area contributed by atoms with Gasteiger partial charge in [-0.05, 0) is 84.8 Å². The molecule has 6 aromatic carbocycles. The molecule has 18 heteroatoms. The van der Waals surface area contributed by atoms with Crippen LogP contribution in [0.3, 0.4) is 0 Å². The van der Waals surface area contributed by atoms with Gasteiger partial charge in [0.1, 0.15) is 6.07 Å². The SMILES string of the molecule is Cc1ccc2c3ccc(C(F)(F)F)cc3n(-c3cc(-c4ccc(C(F)(F)F)cc4C(F)(F)F)c(-n4c5cc(C(F)(F)F)ccc5c5ccc(C(F)(F)F)cc54)cc3C#N)c2c1. The van der Waals surface area contributed by atoms with Crippen LogP contribution in [0.1, 0.15) is 38.9 Å². The number of hydrogen-bond acceptors (Lipinski definition) is 1. The van der Waals surface area contributed by atoms with Crippen molar-refractivity contribution in [2.45, 2.75) is 37.8 Å². The van der Waals surface area contributed by atoms with Gasteiger partial charge in [-0.2, -0.15) is 71.1 Å². The lowest BCUT2D eigenvalue weighted by Crippen LogP contribution is -2.13. The Morgan fingerprint density at radius 1 is 0.393 bits per heavy atom. The van der Waals surface area contributed by atoms with Crippen LogP contribution in [0.25, 0.3) is 66.1 Å². The van der Waals surface area contributed by atoms with Crippen LogP contribution in [-0.2, 0) is 30.9 Å². The number of aryl methyl sites for hydroxylation is 1. The Bertz CT molecular complexity index is 3080. The zero-order valence-electron chi connectivity index (χ0n) is 30.3. The second-order valence-electron chi connectivity index (χ2n) is 14.1. The van der Waals surface area contributed by atoms with Gasteiger partial charge in [0.2, 0.25) is 0 Å². The highest BCUT2D eigenvalue weighted by Gasteiger charge is 2.40. The van der Waals surface area contributed by atoms with Gasteiger partial charge in [0.25, 0.3) is 0 Å². The van der Waals surface area contributed by atoms with Gasteiger partial charge in [-0.3, -0.25) is 0 Å². The molecule has 312 valence electrons. The third kappa shape index (κ3) is 6.95. The van der Waals surface area contributed by atoms with E-state index in [0.29, 0.717) is 47.3 Å². The summed E-state index contributed by atoms with van der Waals surface area (Å²) in [6.45, 7) is 1.60. The van der Waals surface area contributed by atoms with Crippen LogP contribution in [0.4, 0.5) is 65.9 Å². The van der Waals surface area contributed by atoms with Crippen molar-refractivity contribution in [2.24, 2.45) is 0 Å². The van der Waals surface area contributed by atoms with Gasteiger partial charge in [-0.15, -0.1) is 0 Å². The molecule has 8 aromatic rings. The van der Waals surface area contributed by atoms with Gasteiger partial charge in [0.15, 0.2) is 0 Å². The molecule has 0 atom stereocenters. The summed E-state index contributed by atoms with van der Waals surface area (Å²) in [7, 11) is 0. The number of nitriles is 1. The van der Waals surface area contributed by atoms with Crippen molar-refractivity contribution in [3.8, 4) is 28.6 Å². The number of aromatic nitrogens is 2. The molecule has 0 spiro atoms. The Labute approximate surface area is 332 Å². The first-order chi connectivity index (χ1) is 28.3. The maximum Gasteiger partial charge on any atom is 0.417 e. The van der Waals surface area contributed by atoms with E-state index in [-0.39, 0.29) is 39.3 Å². The molecule has 0 aliphatic rings. The van der Waals surface area contributed by atoms with Crippen molar-refractivity contribution in [2.75, 3.05) is 0 Å². The first-order valence-electron chi connectivity index (χ1n) is 17.5. The fraction of sp³-hybridized carbons (Fsp3) is 0.140. The van der Waals surface area contributed by atoms with E-state index in [4.69, 9.17) is 0 Å². The Morgan fingerprint density at radius 3 is 1.18 bits per heavy atom. The molecule has 0 aliphatic heterocycles. The van der Waals surface area contributed by atoms with Crippen LogP contribution >= 0.6 is 0 Å². The van der Waals surface area contributed by atoms with Crippen molar-refractivity contribution < 1.29 is 65.9 Å². The van der Waals surface area contributed by atoms with Crippen molar-refractivity contribution in [1.82, 2.24) is 9.13 Å². The fourth-order valence-electron chi connectivity index (χ4n) is 7.64. The minimum absolute atomic E-state index is 0.120. The zero-order chi connectivity index (χ0) is 44.4. The van der Waals surface area contributed by atoms with E-state index >= 15 is 0 Å². The van der Waals surface area contributed by atoms with Crippen LogP contribution in [0, 0.1) is 18.3 Å². The lowest BCUT2D eigenvalue weighted by Gasteiger charge is -2.22. The summed E-state index contributed by atoms with van der Waals surface area (Å²) in [5.74, 6) is 0. The summed E-state index contributed by atoms with van der Waals surface area (Å²) in [5.41, 5.74) is -11.7. The van der Waals surface area contributed by atoms with E-state index < -0.39 is 97.8 Å². The molecular weight excluding hydrogens is 843 g/mol. The van der Waals surface area contributed by atoms with E-state index in [2.05, 4.69) is 0 Å². The number of alkyl halides is 15. The molecule has 0 fully saturated rings. The summed E-state index contributed by atoms with van der Waals surface area (Å²) in [4.78, 5) is 0. The maximum absolute atomic E-state index is 15.0. The van der Waals surface area contributed by atoms with Crippen molar-refractivity contribution >= 4 is 43.6 Å². The lowest BCUT2D eigenvalue weighted by molar-refractivity contribution is -0.143. The van der Waals surface area contributed by atoms with E-state index in [1.54, 1.807) is 13.0 Å². The van der Waals surface area contributed by atoms with Gasteiger partial charge >= 0.3 is 30.9 Å². The van der Waals surface area contributed by atoms with Gasteiger partial charge < -0.3 is 9.13 Å². The largest absolute Gasteiger partial charge is 0.417 e. The third-order valence-electron chi connectivity index (χ3n) is 10.3. The summed E-state index contributed by atoms with van der Waals surface area (Å²) in [5, 5.41) is 10.9. The first kappa shape index (κ1) is 41.1. The predicted molar refractivity (Wildman–Crippen MR) is 195 cm³/mol. The van der Waals surface area contributed by atoms with Gasteiger partial charge in [-0.25, -0.2) is 0 Å². The Balaban J connectivity index is 1.61. The normalized spacial score (nSPS) is 13.2. The van der Waals surface area contributed by atoms with E-state index in [1.165, 1.54) is 12.1 Å². The summed E-state index contributed by atoms with van der Waals surface area (Å²) in [6.07, 6.45) is -26.0. The highest BCUT2D eigenvalue weighted by molar-refractivity contribution is 6.12. The van der Waals surface area contributed by atoms with Crippen molar-refractivity contribution in [1.29, 1.82) is 5.26 Å². The molecule has 3 nitrogen and oxygen atoms in total. The summed E-state index contributed by atoms with van der Waals surface area (Å²) in [6, 6.07) is 15.3. The quantitative estimate of drug-likeness (QED) is 0.163. The number of hydrogen-bond donors (Lipinski definition) is 0. The minimum Gasteiger partial charge on any atom is -0.309 e. The van der Waals surface area contributed by atoms with Gasteiger partial charge in [0, 0.05) is 27.1 Å². The number of benzene rings is 6. The van der Waals surface area contributed by atoms with Crippen molar-refractivity contribution in [3.05, 3.63) is 142 Å². The molecule has 0 N–H and O–H groups in total. The average Bonchev–Trinajstić information content (AvgIpc) is 3.66. The molecule has 0 unspecified atom stereocenters. The van der Waals surface area contributed by atoms with E-state index in [9.17, 15) is 71.1 Å². The molecule has 0 aliphatic carbocycles. The smallest absolute Gasteiger partial charge is 0.309 e. The molecule has 0 saturated heterocycles. The van der Waals surface area contributed by atoms with Crippen molar-refractivity contribution in [3.63, 3.8) is 0 Å². The van der Waals surface area contributed by atoms with Gasteiger partial charge in [0.05, 0.1) is 66.8 Å². The van der Waals surface area contributed by atoms with Crippen LogP contribution < -0.4 is 0 Å². The zero-order valence-corrected chi connectivity index (χ0v) is 30.3. The second-order valence-corrected chi connectivity index (χ2v) is 14.1. The number of halogens is 15. The standard InChI is InChI=1S/C43H20F15N3/c1-20-2-7-27-28-9-4-23(40(47,48)49)15-36(28)60(34(27)12-20)33-18-31(26-8-3-22(39(44,45)46)14-32(26)43(56,57)58)35(13-21(33)19-59)61-37-16-24(41(50,51)52)5-10-29(37)30-11-6-25(17-38(30)61)42(53,54)55/h2-18H,1H3. The molecule has 61 heavy (non-hydrogen) atoms. The maximum atomic E-state index is 15.0. The topological polar surface area (TPSA) is 33.6 Å². The molecule has 0 saturated carbocycles. The Hall–Kier alpha value is -6.64. The molecular formula is C43H20F15N3. The Kier molecular flexibility index (Phi) is 9.05. The summed E-state index contributed by atoms with van der Waals surface area (Å²) < 4.78 is 216. The molecule has 0 radical (unpaired) electrons. The number of nitrogens with zero attached hydrogens (tertiary/aromatic N) is 3. The molecule has 0 amide bonds. The molecule has 2 aromatic heterocycles. The second kappa shape index (κ2) is 13.4. The van der Waals surface area contributed by atoms with Crippen LogP contribution in [0.15, 0.2) is 103 Å². The Morgan fingerprint density at radius 2 is 0.770 bits per heavy atom. The molecule has 8 rings (SSSR count). The van der Waals surface area contributed by atoms with E-state index in [0.717, 1.165) is 45.5 Å². The number of fused-ring (bicyclic) bond motifs is 6. The number of rotatable bonds is 3. The average molecular weight is 864 g/mol. The monoisotopic (exact) mass is 863 g/mol. The highest BCUT2D eigenvalue weighted by Crippen LogP contribution is 2.48. The predicted octanol–water partition coefficient (Wildman–Crippen LogP) is 14.8. The fourth-order valence-corrected chi connectivity index (χ4v) is 7.64. The van der Waals surface area contributed by atoms with Gasteiger partial charge in [-0.1, -0.05) is 36.4 Å². The van der Waals surface area contributed by atoms with E-state index in [1.807, 2.05) is 6.07 Å². The van der Waals surface area contributed by atoms with Crippen LogP contribution in [0.2, 0.25) is 0 Å². The minimum atomic E-state index is -5.60. The first-order valence-corrected chi connectivity index (χ1v) is 17.5. The molecule has 0 bridgehead atoms.